The summed E-state index contributed by atoms with van der Waals surface area (Å²) in [6.07, 6.45) is 0.802. The molecule has 0 bridgehead atoms. The van der Waals surface area contributed by atoms with Gasteiger partial charge in [0.25, 0.3) is 5.69 Å². The van der Waals surface area contributed by atoms with Crippen molar-refractivity contribution in [2.24, 2.45) is 0 Å². The maximum atomic E-state index is 12.5. The highest BCUT2D eigenvalue weighted by Crippen LogP contribution is 2.24. The average molecular weight is 313 g/mol. The summed E-state index contributed by atoms with van der Waals surface area (Å²) in [5, 5.41) is 10.6. The van der Waals surface area contributed by atoms with Crippen LogP contribution in [-0.4, -0.2) is 55.3 Å². The SMILES string of the molecule is CCN(C)C1CCN(S(=O)(=O)c2ccc([N+](=O)[O-])cc2)C1. The second kappa shape index (κ2) is 6.08. The average Bonchev–Trinajstić information content (AvgIpc) is 2.97. The van der Waals surface area contributed by atoms with E-state index in [1.807, 2.05) is 14.0 Å². The number of nitrogens with zero attached hydrogens (tertiary/aromatic N) is 3. The lowest BCUT2D eigenvalue weighted by molar-refractivity contribution is -0.384. The van der Waals surface area contributed by atoms with E-state index in [4.69, 9.17) is 0 Å². The summed E-state index contributed by atoms with van der Waals surface area (Å²) < 4.78 is 26.5. The summed E-state index contributed by atoms with van der Waals surface area (Å²) in [5.74, 6) is 0. The lowest BCUT2D eigenvalue weighted by Crippen LogP contribution is -2.36. The highest BCUT2D eigenvalue weighted by atomic mass is 32.2. The van der Waals surface area contributed by atoms with Crippen molar-refractivity contribution < 1.29 is 13.3 Å². The normalized spacial score (nSPS) is 20.0. The van der Waals surface area contributed by atoms with Gasteiger partial charge in [0.15, 0.2) is 0 Å². The van der Waals surface area contributed by atoms with Crippen LogP contribution in [0, 0.1) is 10.1 Å². The van der Waals surface area contributed by atoms with E-state index in [1.165, 1.54) is 28.6 Å². The second-order valence-electron chi connectivity index (χ2n) is 5.13. The fourth-order valence-electron chi connectivity index (χ4n) is 2.44. The van der Waals surface area contributed by atoms with Crippen molar-refractivity contribution in [1.82, 2.24) is 9.21 Å². The first-order valence-corrected chi connectivity index (χ1v) is 8.25. The van der Waals surface area contributed by atoms with Gasteiger partial charge in [0.2, 0.25) is 10.0 Å². The van der Waals surface area contributed by atoms with E-state index in [-0.39, 0.29) is 16.6 Å². The predicted octanol–water partition coefficient (Wildman–Crippen LogP) is 1.31. The van der Waals surface area contributed by atoms with Crippen molar-refractivity contribution in [2.75, 3.05) is 26.7 Å². The van der Waals surface area contributed by atoms with Crippen molar-refractivity contribution in [3.05, 3.63) is 34.4 Å². The quantitative estimate of drug-likeness (QED) is 0.604. The summed E-state index contributed by atoms with van der Waals surface area (Å²) in [7, 11) is -1.59. The lowest BCUT2D eigenvalue weighted by atomic mass is 10.2. The highest BCUT2D eigenvalue weighted by Gasteiger charge is 2.33. The molecule has 1 aliphatic rings. The zero-order valence-electron chi connectivity index (χ0n) is 12.1. The van der Waals surface area contributed by atoms with Gasteiger partial charge in [-0.05, 0) is 32.1 Å². The van der Waals surface area contributed by atoms with Crippen LogP contribution >= 0.6 is 0 Å². The van der Waals surface area contributed by atoms with E-state index in [0.29, 0.717) is 13.1 Å². The number of likely N-dealkylation sites (N-methyl/N-ethyl adjacent to an activating group) is 1. The predicted molar refractivity (Wildman–Crippen MR) is 78.6 cm³/mol. The molecule has 0 radical (unpaired) electrons. The molecular formula is C13H19N3O4S. The third kappa shape index (κ3) is 3.22. The zero-order chi connectivity index (χ0) is 15.6. The molecule has 1 unspecified atom stereocenters. The van der Waals surface area contributed by atoms with E-state index >= 15 is 0 Å². The molecule has 21 heavy (non-hydrogen) atoms. The maximum absolute atomic E-state index is 12.5. The Hall–Kier alpha value is -1.51. The molecule has 0 amide bonds. The van der Waals surface area contributed by atoms with E-state index in [0.717, 1.165) is 13.0 Å². The van der Waals surface area contributed by atoms with Crippen LogP contribution in [0.2, 0.25) is 0 Å². The van der Waals surface area contributed by atoms with Gasteiger partial charge in [0, 0.05) is 31.3 Å². The van der Waals surface area contributed by atoms with E-state index in [2.05, 4.69) is 4.90 Å². The number of benzene rings is 1. The van der Waals surface area contributed by atoms with Crippen molar-refractivity contribution in [1.29, 1.82) is 0 Å². The Balaban J connectivity index is 2.17. The molecule has 1 heterocycles. The number of hydrogen-bond donors (Lipinski definition) is 0. The molecular weight excluding hydrogens is 294 g/mol. The summed E-state index contributed by atoms with van der Waals surface area (Å²) >= 11 is 0. The van der Waals surface area contributed by atoms with Crippen LogP contribution in [0.3, 0.4) is 0 Å². The van der Waals surface area contributed by atoms with Crippen LogP contribution in [0.1, 0.15) is 13.3 Å². The smallest absolute Gasteiger partial charge is 0.269 e. The van der Waals surface area contributed by atoms with Gasteiger partial charge in [-0.15, -0.1) is 0 Å². The minimum atomic E-state index is -3.57. The Labute approximate surface area is 124 Å². The largest absolute Gasteiger partial charge is 0.302 e. The number of rotatable bonds is 5. The van der Waals surface area contributed by atoms with Crippen molar-refractivity contribution in [3.63, 3.8) is 0 Å². The molecule has 1 atom stereocenters. The lowest BCUT2D eigenvalue weighted by Gasteiger charge is -2.22. The second-order valence-corrected chi connectivity index (χ2v) is 7.07. The number of hydrogen-bond acceptors (Lipinski definition) is 5. The van der Waals surface area contributed by atoms with Gasteiger partial charge in [-0.3, -0.25) is 10.1 Å². The topological polar surface area (TPSA) is 83.8 Å². The third-order valence-corrected chi connectivity index (χ3v) is 5.81. The molecule has 1 saturated heterocycles. The highest BCUT2D eigenvalue weighted by molar-refractivity contribution is 7.89. The summed E-state index contributed by atoms with van der Waals surface area (Å²) in [6.45, 7) is 3.85. The van der Waals surface area contributed by atoms with Crippen LogP contribution in [0.25, 0.3) is 0 Å². The van der Waals surface area contributed by atoms with Gasteiger partial charge in [-0.2, -0.15) is 4.31 Å². The van der Waals surface area contributed by atoms with Crippen LogP contribution in [0.15, 0.2) is 29.2 Å². The van der Waals surface area contributed by atoms with E-state index < -0.39 is 14.9 Å². The molecule has 116 valence electrons. The van der Waals surface area contributed by atoms with Crippen LogP contribution in [-0.2, 0) is 10.0 Å². The first-order chi connectivity index (χ1) is 9.86. The Morgan fingerprint density at radius 1 is 1.38 bits per heavy atom. The van der Waals surface area contributed by atoms with E-state index in [1.54, 1.807) is 0 Å². The van der Waals surface area contributed by atoms with Crippen LogP contribution in [0.4, 0.5) is 5.69 Å². The Bertz CT molecular complexity index is 615. The monoisotopic (exact) mass is 313 g/mol. The maximum Gasteiger partial charge on any atom is 0.269 e. The summed E-state index contributed by atoms with van der Waals surface area (Å²) in [4.78, 5) is 12.3. The molecule has 7 nitrogen and oxygen atoms in total. The molecule has 2 rings (SSSR count). The third-order valence-electron chi connectivity index (χ3n) is 3.93. The minimum absolute atomic E-state index is 0.105. The Morgan fingerprint density at radius 2 is 2.00 bits per heavy atom. The van der Waals surface area contributed by atoms with E-state index in [9.17, 15) is 18.5 Å². The molecule has 0 saturated carbocycles. The fraction of sp³-hybridized carbons (Fsp3) is 0.538. The van der Waals surface area contributed by atoms with Crippen molar-refractivity contribution >= 4 is 15.7 Å². The zero-order valence-corrected chi connectivity index (χ0v) is 12.9. The first kappa shape index (κ1) is 15.9. The van der Waals surface area contributed by atoms with Gasteiger partial charge in [0.05, 0.1) is 9.82 Å². The minimum Gasteiger partial charge on any atom is -0.302 e. The number of non-ortho nitro benzene ring substituents is 1. The fourth-order valence-corrected chi connectivity index (χ4v) is 3.93. The van der Waals surface area contributed by atoms with Gasteiger partial charge < -0.3 is 4.90 Å². The molecule has 0 spiro atoms. The van der Waals surface area contributed by atoms with Crippen LogP contribution < -0.4 is 0 Å². The molecule has 1 aromatic rings. The van der Waals surface area contributed by atoms with Gasteiger partial charge >= 0.3 is 0 Å². The summed E-state index contributed by atoms with van der Waals surface area (Å²) in [5.41, 5.74) is -0.112. The Kier molecular flexibility index (Phi) is 4.60. The molecule has 0 aliphatic carbocycles. The van der Waals surface area contributed by atoms with Gasteiger partial charge in [-0.25, -0.2) is 8.42 Å². The standard InChI is InChI=1S/C13H19N3O4S/c1-3-14(2)12-8-9-15(10-12)21(19,20)13-6-4-11(5-7-13)16(17)18/h4-7,12H,3,8-10H2,1-2H3. The molecule has 0 aromatic heterocycles. The van der Waals surface area contributed by atoms with Gasteiger partial charge in [0.1, 0.15) is 0 Å². The Morgan fingerprint density at radius 3 is 2.52 bits per heavy atom. The number of nitro groups is 1. The van der Waals surface area contributed by atoms with Crippen LogP contribution in [0.5, 0.6) is 0 Å². The molecule has 0 N–H and O–H groups in total. The van der Waals surface area contributed by atoms with Gasteiger partial charge in [-0.1, -0.05) is 6.92 Å². The number of nitro benzene ring substituents is 1. The van der Waals surface area contributed by atoms with Crippen molar-refractivity contribution in [3.8, 4) is 0 Å². The molecule has 1 fully saturated rings. The molecule has 8 heteroatoms. The number of sulfonamides is 1. The molecule has 1 aromatic carbocycles. The summed E-state index contributed by atoms with van der Waals surface area (Å²) in [6, 6.07) is 5.26. The molecule has 1 aliphatic heterocycles. The van der Waals surface area contributed by atoms with Crippen molar-refractivity contribution in [2.45, 2.75) is 24.3 Å². The first-order valence-electron chi connectivity index (χ1n) is 6.81.